The quantitative estimate of drug-likeness (QED) is 0.727. The molecule has 140 valence electrons. The molecule has 1 amide bonds. The highest BCUT2D eigenvalue weighted by Crippen LogP contribution is 2.34. The van der Waals surface area contributed by atoms with Crippen LogP contribution in [-0.2, 0) is 11.3 Å². The van der Waals surface area contributed by atoms with E-state index in [1.165, 1.54) is 18.2 Å². The molecule has 1 N–H and O–H groups in total. The van der Waals surface area contributed by atoms with E-state index < -0.39 is 11.6 Å². The smallest absolute Gasteiger partial charge is 0.226 e. The number of aromatic nitrogens is 1. The fourth-order valence-corrected chi connectivity index (χ4v) is 3.94. The van der Waals surface area contributed by atoms with E-state index >= 15 is 0 Å². The van der Waals surface area contributed by atoms with Gasteiger partial charge in [-0.25, -0.2) is 13.8 Å². The number of benzene rings is 2. The molecule has 0 unspecified atom stereocenters. The number of nitrogens with zero attached hydrogens (tertiary/aromatic N) is 2. The zero-order valence-corrected chi connectivity index (χ0v) is 15.4. The Morgan fingerprint density at radius 1 is 1.30 bits per heavy atom. The van der Waals surface area contributed by atoms with Gasteiger partial charge in [0.25, 0.3) is 0 Å². The number of ether oxygens (including phenoxy) is 1. The molecule has 1 aliphatic rings. The number of nitrogens with one attached hydrogen (secondary N) is 1. The van der Waals surface area contributed by atoms with Gasteiger partial charge in [0.15, 0.2) is 5.13 Å². The molecule has 27 heavy (non-hydrogen) atoms. The molecule has 1 aromatic heterocycles. The Hall–Kier alpha value is -2.74. The van der Waals surface area contributed by atoms with E-state index in [0.29, 0.717) is 13.1 Å². The summed E-state index contributed by atoms with van der Waals surface area (Å²) in [7, 11) is 1.61. The highest BCUT2D eigenvalue weighted by atomic mass is 32.1. The molecule has 0 saturated carbocycles. The van der Waals surface area contributed by atoms with Gasteiger partial charge in [-0.05, 0) is 24.3 Å². The molecule has 1 saturated heterocycles. The first-order valence-corrected chi connectivity index (χ1v) is 9.27. The van der Waals surface area contributed by atoms with Crippen LogP contribution in [0.2, 0.25) is 0 Å². The van der Waals surface area contributed by atoms with Crippen LogP contribution in [0.1, 0.15) is 5.56 Å². The second kappa shape index (κ2) is 7.11. The lowest BCUT2D eigenvalue weighted by Gasteiger charge is -2.37. The van der Waals surface area contributed by atoms with Gasteiger partial charge in [0.1, 0.15) is 17.4 Å². The van der Waals surface area contributed by atoms with Crippen molar-refractivity contribution in [3.63, 3.8) is 0 Å². The van der Waals surface area contributed by atoms with Gasteiger partial charge in [0, 0.05) is 31.3 Å². The van der Waals surface area contributed by atoms with Crippen LogP contribution in [-0.4, -0.2) is 31.1 Å². The number of carbonyl (C=O) groups is 1. The number of methoxy groups -OCH3 is 1. The molecule has 3 aromatic rings. The second-order valence-corrected chi connectivity index (χ2v) is 7.36. The minimum Gasteiger partial charge on any atom is -0.497 e. The first-order chi connectivity index (χ1) is 13.0. The predicted octanol–water partition coefficient (Wildman–Crippen LogP) is 3.34. The lowest BCUT2D eigenvalue weighted by Crippen LogP contribution is -2.53. The molecule has 2 aromatic carbocycles. The van der Waals surface area contributed by atoms with Crippen molar-refractivity contribution in [3.8, 4) is 5.75 Å². The van der Waals surface area contributed by atoms with Crippen molar-refractivity contribution in [3.05, 3.63) is 53.6 Å². The van der Waals surface area contributed by atoms with E-state index in [9.17, 15) is 13.6 Å². The maximum Gasteiger partial charge on any atom is 0.226 e. The standard InChI is InChI=1S/C19H17F2N3O2S/c1-26-12-5-6-17-16(7-12)23-19(27-17)24-9-11(10-24)18(25)22-8-13-14(20)3-2-4-15(13)21/h2-7,11H,8-10H2,1H3,(H,22,25). The molecular weight excluding hydrogens is 372 g/mol. The molecule has 1 aliphatic heterocycles. The van der Waals surface area contributed by atoms with Crippen LogP contribution in [0.25, 0.3) is 10.2 Å². The van der Waals surface area contributed by atoms with E-state index in [4.69, 9.17) is 4.74 Å². The maximum atomic E-state index is 13.6. The van der Waals surface area contributed by atoms with Crippen LogP contribution in [0.3, 0.4) is 0 Å². The molecule has 0 spiro atoms. The summed E-state index contributed by atoms with van der Waals surface area (Å²) in [5.74, 6) is -0.996. The first-order valence-electron chi connectivity index (χ1n) is 8.45. The SMILES string of the molecule is COc1ccc2sc(N3CC(C(=O)NCc4c(F)cccc4F)C3)nc2c1. The number of halogens is 2. The van der Waals surface area contributed by atoms with E-state index in [0.717, 1.165) is 21.1 Å². The van der Waals surface area contributed by atoms with Crippen molar-refractivity contribution >= 4 is 32.6 Å². The second-order valence-electron chi connectivity index (χ2n) is 6.35. The largest absolute Gasteiger partial charge is 0.497 e. The maximum absolute atomic E-state index is 13.6. The fraction of sp³-hybridized carbons (Fsp3) is 0.263. The van der Waals surface area contributed by atoms with Crippen molar-refractivity contribution in [2.75, 3.05) is 25.1 Å². The number of hydrogen-bond acceptors (Lipinski definition) is 5. The average Bonchev–Trinajstić information content (AvgIpc) is 3.02. The van der Waals surface area contributed by atoms with Crippen LogP contribution in [0, 0.1) is 17.6 Å². The summed E-state index contributed by atoms with van der Waals surface area (Å²) >= 11 is 1.56. The number of carbonyl (C=O) groups excluding carboxylic acids is 1. The highest BCUT2D eigenvalue weighted by Gasteiger charge is 2.34. The van der Waals surface area contributed by atoms with Gasteiger partial charge in [-0.3, -0.25) is 4.79 Å². The van der Waals surface area contributed by atoms with Crippen molar-refractivity contribution < 1.29 is 18.3 Å². The van der Waals surface area contributed by atoms with E-state index in [2.05, 4.69) is 10.3 Å². The van der Waals surface area contributed by atoms with Gasteiger partial charge >= 0.3 is 0 Å². The topological polar surface area (TPSA) is 54.5 Å². The Kier molecular flexibility index (Phi) is 4.65. The van der Waals surface area contributed by atoms with Gasteiger partial charge < -0.3 is 15.0 Å². The predicted molar refractivity (Wildman–Crippen MR) is 100 cm³/mol. The Bertz CT molecular complexity index is 982. The number of hydrogen-bond donors (Lipinski definition) is 1. The number of fused-ring (bicyclic) bond motifs is 1. The van der Waals surface area contributed by atoms with Crippen LogP contribution < -0.4 is 15.0 Å². The molecule has 2 heterocycles. The van der Waals surface area contributed by atoms with Gasteiger partial charge in [-0.1, -0.05) is 17.4 Å². The molecule has 0 bridgehead atoms. The number of thiazole rings is 1. The van der Waals surface area contributed by atoms with Gasteiger partial charge in [-0.2, -0.15) is 0 Å². The Morgan fingerprint density at radius 3 is 2.74 bits per heavy atom. The molecule has 4 rings (SSSR count). The van der Waals surface area contributed by atoms with Crippen LogP contribution >= 0.6 is 11.3 Å². The normalized spacial score (nSPS) is 14.3. The summed E-state index contributed by atoms with van der Waals surface area (Å²) in [5, 5.41) is 3.47. The van der Waals surface area contributed by atoms with Crippen LogP contribution in [0.15, 0.2) is 36.4 Å². The van der Waals surface area contributed by atoms with Gasteiger partial charge in [0.05, 0.1) is 23.2 Å². The summed E-state index contributed by atoms with van der Waals surface area (Å²) in [6.07, 6.45) is 0. The van der Waals surface area contributed by atoms with Crippen molar-refractivity contribution in [2.45, 2.75) is 6.54 Å². The molecule has 5 nitrogen and oxygen atoms in total. The lowest BCUT2D eigenvalue weighted by molar-refractivity contribution is -0.125. The Balaban J connectivity index is 1.35. The average molecular weight is 389 g/mol. The number of rotatable bonds is 5. The molecule has 0 radical (unpaired) electrons. The monoisotopic (exact) mass is 389 g/mol. The fourth-order valence-electron chi connectivity index (χ4n) is 2.98. The number of amides is 1. The van der Waals surface area contributed by atoms with Crippen molar-refractivity contribution in [1.29, 1.82) is 0 Å². The molecular formula is C19H17F2N3O2S. The summed E-state index contributed by atoms with van der Waals surface area (Å²) in [5.41, 5.74) is 0.736. The van der Waals surface area contributed by atoms with Crippen molar-refractivity contribution in [1.82, 2.24) is 10.3 Å². The Morgan fingerprint density at radius 2 is 2.04 bits per heavy atom. The van der Waals surface area contributed by atoms with Crippen LogP contribution in [0.5, 0.6) is 5.75 Å². The molecule has 1 fully saturated rings. The lowest BCUT2D eigenvalue weighted by atomic mass is 10.00. The van der Waals surface area contributed by atoms with E-state index in [1.807, 2.05) is 23.1 Å². The third-order valence-electron chi connectivity index (χ3n) is 4.61. The van der Waals surface area contributed by atoms with Gasteiger partial charge in [-0.15, -0.1) is 0 Å². The zero-order chi connectivity index (χ0) is 19.0. The van der Waals surface area contributed by atoms with E-state index in [1.54, 1.807) is 18.4 Å². The summed E-state index contributed by atoms with van der Waals surface area (Å²) in [6.45, 7) is 0.903. The zero-order valence-electron chi connectivity index (χ0n) is 14.5. The molecule has 0 atom stereocenters. The van der Waals surface area contributed by atoms with Crippen LogP contribution in [0.4, 0.5) is 13.9 Å². The van der Waals surface area contributed by atoms with Crippen molar-refractivity contribution in [2.24, 2.45) is 5.92 Å². The summed E-state index contributed by atoms with van der Waals surface area (Å²) in [6, 6.07) is 9.38. The molecule has 8 heteroatoms. The minimum atomic E-state index is -0.657. The Labute approximate surface area is 158 Å². The van der Waals surface area contributed by atoms with E-state index in [-0.39, 0.29) is 23.9 Å². The minimum absolute atomic E-state index is 0.123. The third-order valence-corrected chi connectivity index (χ3v) is 5.70. The van der Waals surface area contributed by atoms with Gasteiger partial charge in [0.2, 0.25) is 5.91 Å². The number of anilines is 1. The molecule has 0 aliphatic carbocycles. The summed E-state index contributed by atoms with van der Waals surface area (Å²) < 4.78 is 33.5. The summed E-state index contributed by atoms with van der Waals surface area (Å²) in [4.78, 5) is 18.8. The third kappa shape index (κ3) is 3.44. The highest BCUT2D eigenvalue weighted by molar-refractivity contribution is 7.22. The first kappa shape index (κ1) is 17.7.